The maximum absolute atomic E-state index is 5.62. The van der Waals surface area contributed by atoms with Crippen molar-refractivity contribution < 1.29 is 4.74 Å². The van der Waals surface area contributed by atoms with E-state index >= 15 is 0 Å². The van der Waals surface area contributed by atoms with Crippen LogP contribution in [0.25, 0.3) is 0 Å². The predicted octanol–water partition coefficient (Wildman–Crippen LogP) is 1.84. The number of hydrogen-bond acceptors (Lipinski definition) is 2. The second-order valence-electron chi connectivity index (χ2n) is 5.21. The van der Waals surface area contributed by atoms with Gasteiger partial charge in [-0.25, -0.2) is 0 Å². The Balaban J connectivity index is 2.01. The average Bonchev–Trinajstić information content (AvgIpc) is 2.77. The van der Waals surface area contributed by atoms with Gasteiger partial charge in [-0.1, -0.05) is 12.2 Å². The molecule has 0 bridgehead atoms. The van der Waals surface area contributed by atoms with Gasteiger partial charge in [0.25, 0.3) is 0 Å². The Morgan fingerprint density at radius 1 is 1.40 bits per heavy atom. The van der Waals surface area contributed by atoms with Crippen LogP contribution in [0.2, 0.25) is 0 Å². The second kappa shape index (κ2) is 3.46. The zero-order valence-corrected chi connectivity index (χ0v) is 9.46. The minimum Gasteiger partial charge on any atom is -0.376 e. The zero-order valence-electron chi connectivity index (χ0n) is 9.46. The highest BCUT2D eigenvalue weighted by Gasteiger charge is 2.36. The third kappa shape index (κ3) is 1.47. The summed E-state index contributed by atoms with van der Waals surface area (Å²) >= 11 is 0. The average molecular weight is 205 g/mol. The van der Waals surface area contributed by atoms with E-state index < -0.39 is 0 Å². The molecule has 2 fully saturated rings. The van der Waals surface area contributed by atoms with Crippen molar-refractivity contribution in [2.24, 2.45) is 11.8 Å². The van der Waals surface area contributed by atoms with Crippen molar-refractivity contribution in [1.82, 2.24) is 4.90 Å². The summed E-state index contributed by atoms with van der Waals surface area (Å²) in [5.74, 6) is 1.34. The smallest absolute Gasteiger partial charge is 0.0687 e. The lowest BCUT2D eigenvalue weighted by Gasteiger charge is -2.13. The standard InChI is InChI=1S/C13H19NO/c1-9-3-4-10-5-14(2)6-11(10)13-8-15-7-12(9)13/h10,12H,1,3-8H2,2H3/t10-,12-/m1/s1. The molecule has 2 atom stereocenters. The maximum atomic E-state index is 5.62. The van der Waals surface area contributed by atoms with Crippen LogP contribution in [0.3, 0.4) is 0 Å². The van der Waals surface area contributed by atoms with Gasteiger partial charge in [-0.15, -0.1) is 0 Å². The molecule has 2 aliphatic heterocycles. The van der Waals surface area contributed by atoms with E-state index in [0.717, 1.165) is 25.7 Å². The fourth-order valence-electron chi connectivity index (χ4n) is 3.30. The fourth-order valence-corrected chi connectivity index (χ4v) is 3.30. The number of fused-ring (bicyclic) bond motifs is 2. The molecule has 2 heteroatoms. The van der Waals surface area contributed by atoms with Gasteiger partial charge in [-0.3, -0.25) is 0 Å². The van der Waals surface area contributed by atoms with Gasteiger partial charge < -0.3 is 9.64 Å². The summed E-state index contributed by atoms with van der Waals surface area (Å²) in [5, 5.41) is 0. The van der Waals surface area contributed by atoms with E-state index in [1.165, 1.54) is 25.0 Å². The first kappa shape index (κ1) is 9.61. The van der Waals surface area contributed by atoms with E-state index in [-0.39, 0.29) is 0 Å². The Morgan fingerprint density at radius 2 is 2.27 bits per heavy atom. The summed E-state index contributed by atoms with van der Waals surface area (Å²) in [6.07, 6.45) is 2.50. The number of nitrogens with zero attached hydrogens (tertiary/aromatic N) is 1. The van der Waals surface area contributed by atoms with Crippen LogP contribution in [0, 0.1) is 11.8 Å². The number of likely N-dealkylation sites (tertiary alicyclic amines) is 1. The van der Waals surface area contributed by atoms with E-state index in [1.807, 2.05) is 0 Å². The van der Waals surface area contributed by atoms with Crippen LogP contribution in [0.1, 0.15) is 12.8 Å². The van der Waals surface area contributed by atoms with Gasteiger partial charge in [-0.2, -0.15) is 0 Å². The lowest BCUT2D eigenvalue weighted by atomic mass is 9.91. The van der Waals surface area contributed by atoms with Crippen molar-refractivity contribution in [3.63, 3.8) is 0 Å². The van der Waals surface area contributed by atoms with Crippen LogP contribution in [0.5, 0.6) is 0 Å². The first-order chi connectivity index (χ1) is 7.25. The molecule has 2 saturated heterocycles. The first-order valence-electron chi connectivity index (χ1n) is 5.91. The normalized spacial score (nSPS) is 36.7. The van der Waals surface area contributed by atoms with Crippen LogP contribution in [0.4, 0.5) is 0 Å². The fraction of sp³-hybridized carbons (Fsp3) is 0.692. The molecule has 0 N–H and O–H groups in total. The lowest BCUT2D eigenvalue weighted by Crippen LogP contribution is -2.14. The van der Waals surface area contributed by atoms with Crippen molar-refractivity contribution in [2.45, 2.75) is 12.8 Å². The SMILES string of the molecule is C=C1CC[C@@H]2CN(C)CC2=C2COC[C@H]12. The highest BCUT2D eigenvalue weighted by molar-refractivity contribution is 5.34. The number of likely N-dealkylation sites (N-methyl/N-ethyl adjacent to an activating group) is 1. The molecule has 3 aliphatic rings. The highest BCUT2D eigenvalue weighted by Crippen LogP contribution is 2.41. The lowest BCUT2D eigenvalue weighted by molar-refractivity contribution is 0.192. The van der Waals surface area contributed by atoms with Gasteiger partial charge in [0.2, 0.25) is 0 Å². The molecule has 2 heterocycles. The Labute approximate surface area is 91.6 Å². The Hall–Kier alpha value is -0.600. The molecule has 0 saturated carbocycles. The molecule has 0 unspecified atom stereocenters. The molecule has 2 nitrogen and oxygen atoms in total. The monoisotopic (exact) mass is 205 g/mol. The summed E-state index contributed by atoms with van der Waals surface area (Å²) < 4.78 is 5.62. The first-order valence-corrected chi connectivity index (χ1v) is 5.91. The quantitative estimate of drug-likeness (QED) is 0.559. The molecule has 0 radical (unpaired) electrons. The Morgan fingerprint density at radius 3 is 3.13 bits per heavy atom. The molecule has 0 spiro atoms. The number of hydrogen-bond donors (Lipinski definition) is 0. The second-order valence-corrected chi connectivity index (χ2v) is 5.21. The molecular weight excluding hydrogens is 186 g/mol. The van der Waals surface area contributed by atoms with Crippen molar-refractivity contribution >= 4 is 0 Å². The van der Waals surface area contributed by atoms with Crippen LogP contribution >= 0.6 is 0 Å². The number of rotatable bonds is 0. The Kier molecular flexibility index (Phi) is 2.22. The third-order valence-corrected chi connectivity index (χ3v) is 4.15. The maximum Gasteiger partial charge on any atom is 0.0687 e. The number of ether oxygens (including phenoxy) is 1. The van der Waals surface area contributed by atoms with E-state index in [0.29, 0.717) is 5.92 Å². The molecule has 15 heavy (non-hydrogen) atoms. The van der Waals surface area contributed by atoms with Crippen LogP contribution < -0.4 is 0 Å². The van der Waals surface area contributed by atoms with Gasteiger partial charge in [-0.05, 0) is 37.0 Å². The van der Waals surface area contributed by atoms with Crippen LogP contribution in [-0.2, 0) is 4.74 Å². The van der Waals surface area contributed by atoms with Crippen molar-refractivity contribution in [2.75, 3.05) is 33.4 Å². The van der Waals surface area contributed by atoms with Gasteiger partial charge >= 0.3 is 0 Å². The van der Waals surface area contributed by atoms with Gasteiger partial charge in [0.15, 0.2) is 0 Å². The van der Waals surface area contributed by atoms with Crippen LogP contribution in [-0.4, -0.2) is 38.3 Å². The van der Waals surface area contributed by atoms with Gasteiger partial charge in [0.1, 0.15) is 0 Å². The van der Waals surface area contributed by atoms with Crippen molar-refractivity contribution in [3.05, 3.63) is 23.3 Å². The molecule has 3 rings (SSSR count). The largest absolute Gasteiger partial charge is 0.376 e. The summed E-state index contributed by atoms with van der Waals surface area (Å²) in [5.41, 5.74) is 4.66. The van der Waals surface area contributed by atoms with Crippen molar-refractivity contribution in [1.29, 1.82) is 0 Å². The van der Waals surface area contributed by atoms with Gasteiger partial charge in [0.05, 0.1) is 13.2 Å². The predicted molar refractivity (Wildman–Crippen MR) is 60.7 cm³/mol. The highest BCUT2D eigenvalue weighted by atomic mass is 16.5. The molecule has 1 aliphatic carbocycles. The molecule has 82 valence electrons. The molecule has 0 amide bonds. The summed E-state index contributed by atoms with van der Waals surface area (Å²) in [7, 11) is 2.22. The van der Waals surface area contributed by atoms with E-state index in [1.54, 1.807) is 11.1 Å². The third-order valence-electron chi connectivity index (χ3n) is 4.15. The molecule has 0 aromatic heterocycles. The summed E-state index contributed by atoms with van der Waals surface area (Å²) in [6.45, 7) is 8.38. The molecular formula is C13H19NO. The topological polar surface area (TPSA) is 12.5 Å². The van der Waals surface area contributed by atoms with E-state index in [2.05, 4.69) is 18.5 Å². The van der Waals surface area contributed by atoms with E-state index in [4.69, 9.17) is 4.74 Å². The van der Waals surface area contributed by atoms with Crippen molar-refractivity contribution in [3.8, 4) is 0 Å². The summed E-state index contributed by atoms with van der Waals surface area (Å²) in [6, 6.07) is 0. The molecule has 0 aromatic carbocycles. The minimum absolute atomic E-state index is 0.552. The zero-order chi connectivity index (χ0) is 10.4. The molecule has 0 aromatic rings. The summed E-state index contributed by atoms with van der Waals surface area (Å²) in [4.78, 5) is 2.44. The van der Waals surface area contributed by atoms with E-state index in [9.17, 15) is 0 Å². The van der Waals surface area contributed by atoms with Gasteiger partial charge in [0, 0.05) is 19.0 Å². The minimum atomic E-state index is 0.552. The van der Waals surface area contributed by atoms with Crippen LogP contribution in [0.15, 0.2) is 23.3 Å². The Bertz CT molecular complexity index is 331.